The molecule has 0 radical (unpaired) electrons. The second-order valence-corrected chi connectivity index (χ2v) is 9.40. The maximum atomic E-state index is 13.2. The summed E-state index contributed by atoms with van der Waals surface area (Å²) in [6.45, 7) is 1.94. The van der Waals surface area contributed by atoms with Gasteiger partial charge >= 0.3 is 0 Å². The number of benzene rings is 3. The number of para-hydroxylation sites is 1. The van der Waals surface area contributed by atoms with Gasteiger partial charge in [-0.2, -0.15) is 0 Å². The van der Waals surface area contributed by atoms with E-state index in [-0.39, 0.29) is 23.1 Å². The molecular formula is C24H21FN2O3S. The normalized spacial score (nSPS) is 11.5. The Morgan fingerprint density at radius 3 is 2.35 bits per heavy atom. The molecule has 0 atom stereocenters. The standard InChI is InChI=1S/C24H21FN2O3S/c1-17-6-12-20(13-7-17)26-24(28)15-27-14-23(21-4-2-3-5-22(21)27)31(29,30)16-18-8-10-19(25)11-9-18/h2-14H,15-16H2,1H3,(H,26,28). The molecule has 0 unspecified atom stereocenters. The number of carbonyl (C=O) groups excluding carboxylic acids is 1. The first-order valence-electron chi connectivity index (χ1n) is 9.73. The van der Waals surface area contributed by atoms with Gasteiger partial charge in [0, 0.05) is 22.8 Å². The molecule has 0 aliphatic rings. The topological polar surface area (TPSA) is 68.2 Å². The molecule has 5 nitrogen and oxygen atoms in total. The number of nitrogens with one attached hydrogen (secondary N) is 1. The number of amides is 1. The van der Waals surface area contributed by atoms with Gasteiger partial charge in [-0.25, -0.2) is 12.8 Å². The number of nitrogens with zero attached hydrogens (tertiary/aromatic N) is 1. The molecule has 0 saturated heterocycles. The van der Waals surface area contributed by atoms with Crippen molar-refractivity contribution in [1.29, 1.82) is 0 Å². The Hall–Kier alpha value is -3.45. The van der Waals surface area contributed by atoms with Crippen molar-refractivity contribution in [2.75, 3.05) is 5.32 Å². The second kappa shape index (κ2) is 8.35. The van der Waals surface area contributed by atoms with Gasteiger partial charge in [0.05, 0.1) is 10.6 Å². The Bertz CT molecular complexity index is 1340. The number of hydrogen-bond acceptors (Lipinski definition) is 3. The van der Waals surface area contributed by atoms with Crippen LogP contribution in [0.1, 0.15) is 11.1 Å². The van der Waals surface area contributed by atoms with Gasteiger partial charge < -0.3 is 9.88 Å². The highest BCUT2D eigenvalue weighted by molar-refractivity contribution is 7.90. The molecule has 158 valence electrons. The second-order valence-electron chi connectivity index (χ2n) is 7.44. The van der Waals surface area contributed by atoms with E-state index in [0.717, 1.165) is 5.56 Å². The molecule has 4 aromatic rings. The van der Waals surface area contributed by atoms with Crippen LogP contribution < -0.4 is 5.32 Å². The predicted molar refractivity (Wildman–Crippen MR) is 119 cm³/mol. The van der Waals surface area contributed by atoms with E-state index in [2.05, 4.69) is 5.32 Å². The molecule has 0 aliphatic carbocycles. The van der Waals surface area contributed by atoms with Gasteiger partial charge in [0.2, 0.25) is 5.91 Å². The van der Waals surface area contributed by atoms with E-state index in [0.29, 0.717) is 22.2 Å². The smallest absolute Gasteiger partial charge is 0.244 e. The van der Waals surface area contributed by atoms with Crippen LogP contribution in [0.2, 0.25) is 0 Å². The lowest BCUT2D eigenvalue weighted by atomic mass is 10.2. The summed E-state index contributed by atoms with van der Waals surface area (Å²) in [4.78, 5) is 12.7. The van der Waals surface area contributed by atoms with Gasteiger partial charge in [0.25, 0.3) is 0 Å². The molecule has 7 heteroatoms. The van der Waals surface area contributed by atoms with E-state index in [1.54, 1.807) is 28.8 Å². The van der Waals surface area contributed by atoms with Gasteiger partial charge in [0.1, 0.15) is 12.4 Å². The summed E-state index contributed by atoms with van der Waals surface area (Å²) in [5.74, 6) is -0.930. The summed E-state index contributed by atoms with van der Waals surface area (Å²) in [5, 5.41) is 3.38. The highest BCUT2D eigenvalue weighted by atomic mass is 32.2. The molecule has 0 saturated carbocycles. The van der Waals surface area contributed by atoms with Gasteiger partial charge in [0.15, 0.2) is 9.84 Å². The molecule has 31 heavy (non-hydrogen) atoms. The zero-order chi connectivity index (χ0) is 22.0. The first-order chi connectivity index (χ1) is 14.8. The largest absolute Gasteiger partial charge is 0.337 e. The third kappa shape index (κ3) is 4.67. The summed E-state index contributed by atoms with van der Waals surface area (Å²) in [6.07, 6.45) is 1.50. The molecule has 3 aromatic carbocycles. The summed E-state index contributed by atoms with van der Waals surface area (Å²) < 4.78 is 41.0. The van der Waals surface area contributed by atoms with E-state index < -0.39 is 15.7 Å². The van der Waals surface area contributed by atoms with Crippen molar-refractivity contribution in [3.8, 4) is 0 Å². The number of anilines is 1. The first-order valence-corrected chi connectivity index (χ1v) is 11.4. The molecule has 4 rings (SSSR count). The van der Waals surface area contributed by atoms with Gasteiger partial charge in [-0.1, -0.05) is 48.0 Å². The van der Waals surface area contributed by atoms with E-state index in [1.807, 2.05) is 31.2 Å². The minimum atomic E-state index is -3.71. The maximum absolute atomic E-state index is 13.2. The van der Waals surface area contributed by atoms with Crippen molar-refractivity contribution in [1.82, 2.24) is 4.57 Å². The molecule has 1 aromatic heterocycles. The molecule has 1 amide bonds. The van der Waals surface area contributed by atoms with Crippen LogP contribution in [0.5, 0.6) is 0 Å². The minimum Gasteiger partial charge on any atom is -0.337 e. The molecular weight excluding hydrogens is 415 g/mol. The number of halogens is 1. The number of fused-ring (bicyclic) bond motifs is 1. The van der Waals surface area contributed by atoms with Gasteiger partial charge in [-0.05, 0) is 42.8 Å². The number of hydrogen-bond donors (Lipinski definition) is 1. The lowest BCUT2D eigenvalue weighted by Gasteiger charge is -2.07. The van der Waals surface area contributed by atoms with Crippen molar-refractivity contribution in [3.05, 3.63) is 95.9 Å². The Morgan fingerprint density at radius 1 is 0.968 bits per heavy atom. The van der Waals surface area contributed by atoms with Crippen molar-refractivity contribution in [2.45, 2.75) is 24.1 Å². The SMILES string of the molecule is Cc1ccc(NC(=O)Cn2cc(S(=O)(=O)Cc3ccc(F)cc3)c3ccccc32)cc1. The van der Waals surface area contributed by atoms with Crippen molar-refractivity contribution in [3.63, 3.8) is 0 Å². The van der Waals surface area contributed by atoms with Crippen LogP contribution in [-0.2, 0) is 26.9 Å². The Kier molecular flexibility index (Phi) is 5.61. The average molecular weight is 437 g/mol. The summed E-state index contributed by atoms with van der Waals surface area (Å²) >= 11 is 0. The van der Waals surface area contributed by atoms with Crippen LogP contribution >= 0.6 is 0 Å². The zero-order valence-electron chi connectivity index (χ0n) is 16.9. The van der Waals surface area contributed by atoms with Crippen molar-refractivity contribution in [2.24, 2.45) is 0 Å². The highest BCUT2D eigenvalue weighted by Gasteiger charge is 2.22. The first kappa shape index (κ1) is 20.8. The summed E-state index contributed by atoms with van der Waals surface area (Å²) in [6, 6.07) is 19.9. The van der Waals surface area contributed by atoms with Crippen LogP contribution in [0.3, 0.4) is 0 Å². The number of aromatic nitrogens is 1. The monoisotopic (exact) mass is 436 g/mol. The molecule has 0 aliphatic heterocycles. The van der Waals surface area contributed by atoms with Gasteiger partial charge in [-0.15, -0.1) is 0 Å². The van der Waals surface area contributed by atoms with E-state index >= 15 is 0 Å². The maximum Gasteiger partial charge on any atom is 0.244 e. The lowest BCUT2D eigenvalue weighted by molar-refractivity contribution is -0.116. The van der Waals surface area contributed by atoms with Crippen LogP contribution in [0.15, 0.2) is 83.9 Å². The average Bonchev–Trinajstić information content (AvgIpc) is 3.11. The van der Waals surface area contributed by atoms with Crippen LogP contribution in [-0.4, -0.2) is 18.9 Å². The van der Waals surface area contributed by atoms with E-state index in [4.69, 9.17) is 0 Å². The molecule has 0 fully saturated rings. The molecule has 0 bridgehead atoms. The van der Waals surface area contributed by atoms with Gasteiger partial charge in [-0.3, -0.25) is 4.79 Å². The zero-order valence-corrected chi connectivity index (χ0v) is 17.7. The lowest BCUT2D eigenvalue weighted by Crippen LogP contribution is -2.18. The number of carbonyl (C=O) groups is 1. The third-order valence-electron chi connectivity index (χ3n) is 5.01. The van der Waals surface area contributed by atoms with Crippen LogP contribution in [0, 0.1) is 12.7 Å². The molecule has 1 heterocycles. The van der Waals surface area contributed by atoms with Crippen molar-refractivity contribution >= 4 is 32.3 Å². The Balaban J connectivity index is 1.63. The van der Waals surface area contributed by atoms with Crippen molar-refractivity contribution < 1.29 is 17.6 Å². The summed E-state index contributed by atoms with van der Waals surface area (Å²) in [7, 11) is -3.71. The highest BCUT2D eigenvalue weighted by Crippen LogP contribution is 2.28. The fraction of sp³-hybridized carbons (Fsp3) is 0.125. The fourth-order valence-corrected chi connectivity index (χ4v) is 5.04. The third-order valence-corrected chi connectivity index (χ3v) is 6.72. The Morgan fingerprint density at radius 2 is 1.65 bits per heavy atom. The van der Waals surface area contributed by atoms with Crippen LogP contribution in [0.4, 0.5) is 10.1 Å². The minimum absolute atomic E-state index is 0.0273. The predicted octanol–water partition coefficient (Wildman–Crippen LogP) is 4.70. The van der Waals surface area contributed by atoms with Crippen LogP contribution in [0.25, 0.3) is 10.9 Å². The molecule has 1 N–H and O–H groups in total. The Labute approximate surface area is 180 Å². The fourth-order valence-electron chi connectivity index (χ4n) is 3.46. The summed E-state index contributed by atoms with van der Waals surface area (Å²) in [5.41, 5.74) is 2.91. The van der Waals surface area contributed by atoms with E-state index in [1.165, 1.54) is 30.5 Å². The number of rotatable bonds is 6. The quantitative estimate of drug-likeness (QED) is 0.476. The number of aryl methyl sites for hydroxylation is 1. The molecule has 0 spiro atoms. The van der Waals surface area contributed by atoms with E-state index in [9.17, 15) is 17.6 Å². The number of sulfone groups is 1.